The number of rotatable bonds is 2. The van der Waals surface area contributed by atoms with E-state index in [0.29, 0.717) is 23.3 Å². The lowest BCUT2D eigenvalue weighted by atomic mass is 9.41. The summed E-state index contributed by atoms with van der Waals surface area (Å²) in [5, 5.41) is 20.5. The third kappa shape index (κ3) is 2.33. The van der Waals surface area contributed by atoms with E-state index in [1.165, 1.54) is 65.5 Å². The van der Waals surface area contributed by atoms with E-state index in [4.69, 9.17) is 0 Å². The molecule has 0 atom stereocenters. The second-order valence-corrected chi connectivity index (χ2v) is 10.1. The molecule has 4 aliphatic rings. The lowest BCUT2D eigenvalue weighted by molar-refractivity contribution is -0.0428. The molecule has 2 aromatic rings. The van der Waals surface area contributed by atoms with Crippen molar-refractivity contribution in [2.24, 2.45) is 23.7 Å². The van der Waals surface area contributed by atoms with E-state index >= 15 is 0 Å². The predicted octanol–water partition coefficient (Wildman–Crippen LogP) is 6.07. The Labute approximate surface area is 168 Å². The normalized spacial score (nSPS) is 30.0. The SMILES string of the molecule is Cc1cc(O)cc(C)c1C1(c2c(C)cc(O)cc2C)C2CC3CC(C2)CC1C3. The summed E-state index contributed by atoms with van der Waals surface area (Å²) in [5.74, 6) is 3.85. The first-order chi connectivity index (χ1) is 13.3. The zero-order chi connectivity index (χ0) is 19.8. The highest BCUT2D eigenvalue weighted by atomic mass is 16.3. The molecule has 0 heterocycles. The fraction of sp³-hybridized carbons (Fsp3) is 0.538. The van der Waals surface area contributed by atoms with Gasteiger partial charge in [0.1, 0.15) is 11.5 Å². The first-order valence-electron chi connectivity index (χ1n) is 10.9. The van der Waals surface area contributed by atoms with Crippen LogP contribution in [0.25, 0.3) is 0 Å². The van der Waals surface area contributed by atoms with Crippen LogP contribution < -0.4 is 0 Å². The van der Waals surface area contributed by atoms with Crippen molar-refractivity contribution in [1.82, 2.24) is 0 Å². The molecule has 0 unspecified atom stereocenters. The molecule has 4 fully saturated rings. The molecule has 4 saturated carbocycles. The van der Waals surface area contributed by atoms with Crippen molar-refractivity contribution in [3.05, 3.63) is 57.6 Å². The number of hydrogen-bond acceptors (Lipinski definition) is 2. The van der Waals surface area contributed by atoms with Crippen LogP contribution in [0.2, 0.25) is 0 Å². The van der Waals surface area contributed by atoms with Crippen molar-refractivity contribution < 1.29 is 10.2 Å². The van der Waals surface area contributed by atoms with Crippen molar-refractivity contribution >= 4 is 0 Å². The van der Waals surface area contributed by atoms with E-state index in [-0.39, 0.29) is 5.41 Å². The summed E-state index contributed by atoms with van der Waals surface area (Å²) in [6.45, 7) is 8.72. The van der Waals surface area contributed by atoms with Gasteiger partial charge in [0.15, 0.2) is 0 Å². The van der Waals surface area contributed by atoms with Crippen molar-refractivity contribution in [3.8, 4) is 11.5 Å². The molecule has 0 amide bonds. The Kier molecular flexibility index (Phi) is 3.89. The van der Waals surface area contributed by atoms with Gasteiger partial charge >= 0.3 is 0 Å². The Hall–Kier alpha value is -1.96. The molecule has 2 heteroatoms. The Bertz CT molecular complexity index is 821. The molecular weight excluding hydrogens is 344 g/mol. The molecule has 0 saturated heterocycles. The number of hydrogen-bond donors (Lipinski definition) is 2. The van der Waals surface area contributed by atoms with Gasteiger partial charge in [-0.2, -0.15) is 0 Å². The van der Waals surface area contributed by atoms with Crippen LogP contribution in [-0.2, 0) is 5.41 Å². The molecule has 2 nitrogen and oxygen atoms in total. The lowest BCUT2D eigenvalue weighted by Gasteiger charge is -2.63. The molecule has 0 radical (unpaired) electrons. The average Bonchev–Trinajstić information content (AvgIpc) is 2.56. The second kappa shape index (κ2) is 6.02. The molecule has 0 aliphatic heterocycles. The summed E-state index contributed by atoms with van der Waals surface area (Å²) in [7, 11) is 0. The zero-order valence-corrected chi connectivity index (χ0v) is 17.5. The third-order valence-corrected chi connectivity index (χ3v) is 8.29. The monoisotopic (exact) mass is 376 g/mol. The summed E-state index contributed by atoms with van der Waals surface area (Å²) in [6, 6.07) is 7.83. The summed E-state index contributed by atoms with van der Waals surface area (Å²) >= 11 is 0. The minimum atomic E-state index is 0.0111. The fourth-order valence-electron chi connectivity index (χ4n) is 8.06. The molecule has 148 valence electrons. The van der Waals surface area contributed by atoms with Crippen molar-refractivity contribution in [1.29, 1.82) is 0 Å². The van der Waals surface area contributed by atoms with Crippen LogP contribution in [-0.4, -0.2) is 10.2 Å². The molecular formula is C26H32O2. The van der Waals surface area contributed by atoms with Gasteiger partial charge in [0.05, 0.1) is 0 Å². The molecule has 0 aromatic heterocycles. The van der Waals surface area contributed by atoms with Crippen LogP contribution in [0.4, 0.5) is 0 Å². The maximum atomic E-state index is 10.2. The van der Waals surface area contributed by atoms with Gasteiger partial charge in [0.2, 0.25) is 0 Å². The largest absolute Gasteiger partial charge is 0.508 e. The van der Waals surface area contributed by atoms with E-state index in [1.54, 1.807) is 0 Å². The number of aryl methyl sites for hydroxylation is 4. The smallest absolute Gasteiger partial charge is 0.116 e. The van der Waals surface area contributed by atoms with Gasteiger partial charge in [-0.3, -0.25) is 0 Å². The van der Waals surface area contributed by atoms with Gasteiger partial charge in [-0.1, -0.05) is 0 Å². The molecule has 2 N–H and O–H groups in total. The van der Waals surface area contributed by atoms with Crippen LogP contribution in [0.1, 0.15) is 65.5 Å². The third-order valence-electron chi connectivity index (χ3n) is 8.29. The van der Waals surface area contributed by atoms with Crippen LogP contribution in [0.5, 0.6) is 11.5 Å². The van der Waals surface area contributed by atoms with Crippen molar-refractivity contribution in [2.75, 3.05) is 0 Å². The van der Waals surface area contributed by atoms with E-state index in [0.717, 1.165) is 11.8 Å². The molecule has 4 aliphatic carbocycles. The zero-order valence-electron chi connectivity index (χ0n) is 17.5. The Morgan fingerprint density at radius 1 is 0.607 bits per heavy atom. The predicted molar refractivity (Wildman–Crippen MR) is 113 cm³/mol. The Balaban J connectivity index is 1.86. The van der Waals surface area contributed by atoms with Crippen molar-refractivity contribution in [2.45, 2.75) is 65.2 Å². The minimum Gasteiger partial charge on any atom is -0.508 e. The first-order valence-corrected chi connectivity index (χ1v) is 10.9. The average molecular weight is 377 g/mol. The maximum absolute atomic E-state index is 10.2. The van der Waals surface area contributed by atoms with Gasteiger partial charge < -0.3 is 10.2 Å². The Morgan fingerprint density at radius 3 is 1.25 bits per heavy atom. The summed E-state index contributed by atoms with van der Waals surface area (Å²) in [5.41, 5.74) is 7.80. The molecule has 6 rings (SSSR count). The number of benzene rings is 2. The van der Waals surface area contributed by atoms with E-state index in [9.17, 15) is 10.2 Å². The molecule has 2 aromatic carbocycles. The highest BCUT2D eigenvalue weighted by molar-refractivity contribution is 5.57. The topological polar surface area (TPSA) is 40.5 Å². The number of aromatic hydroxyl groups is 2. The van der Waals surface area contributed by atoms with Crippen molar-refractivity contribution in [3.63, 3.8) is 0 Å². The second-order valence-electron chi connectivity index (χ2n) is 10.1. The van der Waals surface area contributed by atoms with E-state index in [1.807, 2.05) is 24.3 Å². The fourth-order valence-corrected chi connectivity index (χ4v) is 8.06. The summed E-state index contributed by atoms with van der Waals surface area (Å²) in [4.78, 5) is 0. The molecule has 4 bridgehead atoms. The van der Waals surface area contributed by atoms with Gasteiger partial charge in [-0.25, -0.2) is 0 Å². The first kappa shape index (κ1) is 18.1. The van der Waals surface area contributed by atoms with Crippen LogP contribution in [0.3, 0.4) is 0 Å². The minimum absolute atomic E-state index is 0.0111. The number of phenolic OH excluding ortho intramolecular Hbond substituents is 2. The highest BCUT2D eigenvalue weighted by Gasteiger charge is 2.60. The molecule has 0 spiro atoms. The van der Waals surface area contributed by atoms with Crippen LogP contribution >= 0.6 is 0 Å². The van der Waals surface area contributed by atoms with Gasteiger partial charge in [0.25, 0.3) is 0 Å². The standard InChI is InChI=1S/C26H32O2/c1-14-5-22(27)6-15(2)24(14)26(25-16(3)7-23(28)8-17(25)4)20-10-18-9-19(12-20)13-21(26)11-18/h5-8,18-21,27-28H,9-13H2,1-4H3. The maximum Gasteiger partial charge on any atom is 0.116 e. The number of phenols is 2. The summed E-state index contributed by atoms with van der Waals surface area (Å²) in [6.07, 6.45) is 6.74. The summed E-state index contributed by atoms with van der Waals surface area (Å²) < 4.78 is 0. The Morgan fingerprint density at radius 2 is 0.929 bits per heavy atom. The lowest BCUT2D eigenvalue weighted by Crippen LogP contribution is -2.57. The quantitative estimate of drug-likeness (QED) is 0.667. The van der Waals surface area contributed by atoms with Crippen LogP contribution in [0, 0.1) is 51.4 Å². The van der Waals surface area contributed by atoms with E-state index < -0.39 is 0 Å². The van der Waals surface area contributed by atoms with E-state index in [2.05, 4.69) is 27.7 Å². The van der Waals surface area contributed by atoms with Gasteiger partial charge in [0, 0.05) is 5.41 Å². The van der Waals surface area contributed by atoms with Gasteiger partial charge in [-0.15, -0.1) is 0 Å². The highest BCUT2D eigenvalue weighted by Crippen LogP contribution is 2.66. The van der Waals surface area contributed by atoms with Crippen LogP contribution in [0.15, 0.2) is 24.3 Å². The van der Waals surface area contributed by atoms with Gasteiger partial charge in [-0.05, 0) is 141 Å². The molecule has 28 heavy (non-hydrogen) atoms.